The average Bonchev–Trinajstić information content (AvgIpc) is 2.74. The van der Waals surface area contributed by atoms with Gasteiger partial charge in [-0.3, -0.25) is 0 Å². The number of aryl methyl sites for hydroxylation is 4. The Morgan fingerprint density at radius 3 is 1.76 bits per heavy atom. The number of halogens is 2. The third kappa shape index (κ3) is 9.63. The highest BCUT2D eigenvalue weighted by molar-refractivity contribution is 9.10. The number of hydrogen-bond acceptors (Lipinski definition) is 2. The molecule has 4 nitrogen and oxygen atoms in total. The number of nitrogens with zero attached hydrogens (tertiary/aromatic N) is 2. The van der Waals surface area contributed by atoms with Gasteiger partial charge in [0.1, 0.15) is 6.54 Å². The van der Waals surface area contributed by atoms with Crippen molar-refractivity contribution >= 4 is 26.0 Å². The Kier molecular flexibility index (Phi) is 11.6. The molecule has 0 atom stereocenters. The van der Waals surface area contributed by atoms with Gasteiger partial charge in [-0.2, -0.15) is 4.31 Å². The van der Waals surface area contributed by atoms with Gasteiger partial charge >= 0.3 is 0 Å². The van der Waals surface area contributed by atoms with Crippen molar-refractivity contribution in [2.24, 2.45) is 0 Å². The van der Waals surface area contributed by atoms with E-state index < -0.39 is 10.0 Å². The number of hydrogen-bond donors (Lipinski definition) is 0. The van der Waals surface area contributed by atoms with Gasteiger partial charge in [0.15, 0.2) is 0 Å². The molecule has 3 aromatic rings. The molecule has 0 aliphatic carbocycles. The molecule has 202 valence electrons. The molecule has 0 fully saturated rings. The van der Waals surface area contributed by atoms with Crippen LogP contribution in [-0.4, -0.2) is 44.4 Å². The maximum Gasteiger partial charge on any atom is 0.243 e. The van der Waals surface area contributed by atoms with Gasteiger partial charge in [0.25, 0.3) is 0 Å². The van der Waals surface area contributed by atoms with Gasteiger partial charge in [0.2, 0.25) is 10.0 Å². The molecule has 0 aliphatic rings. The van der Waals surface area contributed by atoms with Crippen LogP contribution in [0.5, 0.6) is 0 Å². The van der Waals surface area contributed by atoms with Crippen LogP contribution in [-0.2, 0) is 23.1 Å². The Balaban J connectivity index is 0.00000481. The lowest BCUT2D eigenvalue weighted by atomic mass is 10.1. The van der Waals surface area contributed by atoms with Gasteiger partial charge < -0.3 is 21.5 Å². The summed E-state index contributed by atoms with van der Waals surface area (Å²) >= 11 is 3.41. The van der Waals surface area contributed by atoms with Crippen molar-refractivity contribution in [1.29, 1.82) is 0 Å². The molecule has 0 spiro atoms. The van der Waals surface area contributed by atoms with Crippen LogP contribution in [0.3, 0.4) is 0 Å². The topological polar surface area (TPSA) is 37.4 Å². The van der Waals surface area contributed by atoms with Gasteiger partial charge in [-0.1, -0.05) is 74.6 Å². The second-order valence-electron chi connectivity index (χ2n) is 10.8. The number of rotatable bonds is 11. The second-order valence-corrected chi connectivity index (χ2v) is 13.7. The van der Waals surface area contributed by atoms with E-state index in [4.69, 9.17) is 0 Å². The van der Waals surface area contributed by atoms with E-state index in [0.717, 1.165) is 51.6 Å². The highest BCUT2D eigenvalue weighted by atomic mass is 79.9. The van der Waals surface area contributed by atoms with Crippen LogP contribution in [0.4, 0.5) is 0 Å². The van der Waals surface area contributed by atoms with E-state index >= 15 is 0 Å². The zero-order valence-corrected chi connectivity index (χ0v) is 26.9. The van der Waals surface area contributed by atoms with Crippen LogP contribution >= 0.6 is 15.9 Å². The van der Waals surface area contributed by atoms with E-state index in [1.165, 1.54) is 16.7 Å². The Bertz CT molecular complexity index is 1250. The van der Waals surface area contributed by atoms with Gasteiger partial charge in [0.05, 0.1) is 25.5 Å². The SMILES string of the molecule is Cc1cc(C)cc(CN(CCCC[N+](C)(C)Cc2cc(C)cc(C)c2)S(=O)(=O)c2ccc(Br)cc2)c1.[Br-]. The van der Waals surface area contributed by atoms with Crippen LogP contribution in [0.15, 0.2) is 70.0 Å². The molecule has 0 aliphatic heterocycles. The molecule has 0 aromatic heterocycles. The molecule has 0 heterocycles. The third-order valence-electron chi connectivity index (χ3n) is 6.40. The molecule has 0 amide bonds. The summed E-state index contributed by atoms with van der Waals surface area (Å²) in [6.45, 7) is 11.2. The van der Waals surface area contributed by atoms with Crippen molar-refractivity contribution in [2.45, 2.75) is 58.5 Å². The van der Waals surface area contributed by atoms with Crippen molar-refractivity contribution in [2.75, 3.05) is 27.2 Å². The van der Waals surface area contributed by atoms with E-state index in [1.807, 2.05) is 0 Å². The third-order valence-corrected chi connectivity index (χ3v) is 8.79. The van der Waals surface area contributed by atoms with Crippen molar-refractivity contribution in [1.82, 2.24) is 4.31 Å². The molecule has 3 aromatic carbocycles. The van der Waals surface area contributed by atoms with Crippen LogP contribution in [0.1, 0.15) is 46.2 Å². The van der Waals surface area contributed by atoms with E-state index in [0.29, 0.717) is 18.0 Å². The summed E-state index contributed by atoms with van der Waals surface area (Å²) in [5.74, 6) is 0. The summed E-state index contributed by atoms with van der Waals surface area (Å²) in [6.07, 6.45) is 1.77. The van der Waals surface area contributed by atoms with Crippen LogP contribution < -0.4 is 17.0 Å². The number of benzene rings is 3. The first-order valence-electron chi connectivity index (χ1n) is 12.6. The monoisotopic (exact) mass is 650 g/mol. The first-order valence-corrected chi connectivity index (χ1v) is 14.8. The highest BCUT2D eigenvalue weighted by Crippen LogP contribution is 2.23. The fourth-order valence-electron chi connectivity index (χ4n) is 4.97. The molecular formula is C30H40Br2N2O2S. The molecule has 0 radical (unpaired) electrons. The van der Waals surface area contributed by atoms with Crippen molar-refractivity contribution in [3.8, 4) is 0 Å². The summed E-state index contributed by atoms with van der Waals surface area (Å²) in [4.78, 5) is 0.334. The summed E-state index contributed by atoms with van der Waals surface area (Å²) in [5, 5.41) is 0. The fraction of sp³-hybridized carbons (Fsp3) is 0.400. The molecule has 0 N–H and O–H groups in total. The summed E-state index contributed by atoms with van der Waals surface area (Å²) in [5.41, 5.74) is 7.27. The van der Waals surface area contributed by atoms with Crippen LogP contribution in [0.25, 0.3) is 0 Å². The summed E-state index contributed by atoms with van der Waals surface area (Å²) < 4.78 is 30.6. The number of quaternary nitrogens is 1. The van der Waals surface area contributed by atoms with E-state index in [1.54, 1.807) is 28.6 Å². The smallest absolute Gasteiger partial charge is 0.243 e. The Hall–Kier alpha value is -1.51. The molecule has 0 saturated heterocycles. The molecule has 0 unspecified atom stereocenters. The molecule has 3 rings (SSSR count). The van der Waals surface area contributed by atoms with Crippen molar-refractivity contribution < 1.29 is 29.9 Å². The van der Waals surface area contributed by atoms with Gasteiger partial charge in [-0.05, 0) is 70.4 Å². The van der Waals surface area contributed by atoms with Crippen molar-refractivity contribution in [3.63, 3.8) is 0 Å². The minimum atomic E-state index is -3.61. The minimum Gasteiger partial charge on any atom is -1.00 e. The standard InChI is InChI=1S/C30H40BrN2O2S.BrH/c1-23-15-24(2)18-27(17-23)21-32(36(34,35)30-11-9-29(31)10-12-30)13-7-8-14-33(5,6)22-28-19-25(3)16-26(4)20-28;/h9-12,15-20H,7-8,13-14,21-22H2,1-6H3;1H/q+1;/p-1. The second kappa shape index (κ2) is 13.5. The van der Waals surface area contributed by atoms with Crippen LogP contribution in [0, 0.1) is 27.7 Å². The van der Waals surface area contributed by atoms with E-state index in [-0.39, 0.29) is 17.0 Å². The van der Waals surface area contributed by atoms with Crippen molar-refractivity contribution in [3.05, 3.63) is 98.5 Å². The average molecular weight is 653 g/mol. The maximum atomic E-state index is 13.6. The van der Waals surface area contributed by atoms with Gasteiger partial charge in [-0.25, -0.2) is 8.42 Å². The first kappa shape index (κ1) is 31.7. The van der Waals surface area contributed by atoms with E-state index in [2.05, 4.69) is 94.1 Å². The molecule has 7 heteroatoms. The maximum absolute atomic E-state index is 13.6. The Morgan fingerprint density at radius 2 is 1.24 bits per heavy atom. The minimum absolute atomic E-state index is 0. The Labute approximate surface area is 243 Å². The normalized spacial score (nSPS) is 12.0. The fourth-order valence-corrected chi connectivity index (χ4v) is 6.70. The lowest BCUT2D eigenvalue weighted by Gasteiger charge is -2.30. The first-order chi connectivity index (χ1) is 16.8. The lowest BCUT2D eigenvalue weighted by molar-refractivity contribution is -0.903. The molecule has 0 bridgehead atoms. The highest BCUT2D eigenvalue weighted by Gasteiger charge is 2.25. The quantitative estimate of drug-likeness (QED) is 0.233. The van der Waals surface area contributed by atoms with E-state index in [9.17, 15) is 8.42 Å². The molecule has 37 heavy (non-hydrogen) atoms. The Morgan fingerprint density at radius 1 is 0.757 bits per heavy atom. The molecule has 0 saturated carbocycles. The lowest BCUT2D eigenvalue weighted by Crippen LogP contribution is -3.00. The molecular weight excluding hydrogens is 612 g/mol. The van der Waals surface area contributed by atoms with Crippen LogP contribution in [0.2, 0.25) is 0 Å². The van der Waals surface area contributed by atoms with Gasteiger partial charge in [-0.15, -0.1) is 0 Å². The summed E-state index contributed by atoms with van der Waals surface area (Å²) in [6, 6.07) is 20.0. The predicted octanol–water partition coefficient (Wildman–Crippen LogP) is 3.93. The van der Waals surface area contributed by atoms with Gasteiger partial charge in [0, 0.05) is 23.1 Å². The number of unbranched alkanes of at least 4 members (excludes halogenated alkanes) is 1. The predicted molar refractivity (Wildman–Crippen MR) is 153 cm³/mol. The largest absolute Gasteiger partial charge is 1.00 e. The zero-order chi connectivity index (χ0) is 26.5. The summed E-state index contributed by atoms with van der Waals surface area (Å²) in [7, 11) is 0.899. The zero-order valence-electron chi connectivity index (χ0n) is 22.9. The number of sulfonamides is 1.